The lowest BCUT2D eigenvalue weighted by atomic mass is 10.1. The molecule has 0 aliphatic heterocycles. The maximum absolute atomic E-state index is 12.5. The van der Waals surface area contributed by atoms with Gasteiger partial charge in [0.05, 0.1) is 10.9 Å². The maximum Gasteiger partial charge on any atom is 0.338 e. The zero-order chi connectivity index (χ0) is 17.9. The second kappa shape index (κ2) is 6.89. The third-order valence-corrected chi connectivity index (χ3v) is 4.71. The zero-order valence-electron chi connectivity index (χ0n) is 13.5. The molecule has 0 aliphatic rings. The number of hydrogen-bond donors (Lipinski definition) is 1. The van der Waals surface area contributed by atoms with Crippen LogP contribution in [0.2, 0.25) is 0 Å². The number of esters is 1. The number of fused-ring (bicyclic) bond motifs is 1. The van der Waals surface area contributed by atoms with Crippen LogP contribution in [0.3, 0.4) is 0 Å². The van der Waals surface area contributed by atoms with E-state index in [2.05, 4.69) is 15.0 Å². The summed E-state index contributed by atoms with van der Waals surface area (Å²) in [6, 6.07) is 12.8. The number of aromatic amines is 1. The van der Waals surface area contributed by atoms with Crippen molar-refractivity contribution in [1.82, 2.24) is 15.0 Å². The zero-order valence-corrected chi connectivity index (χ0v) is 14.3. The number of benzene rings is 1. The highest BCUT2D eigenvalue weighted by Gasteiger charge is 2.14. The minimum Gasteiger partial charge on any atom is -0.454 e. The van der Waals surface area contributed by atoms with Gasteiger partial charge in [-0.15, -0.1) is 11.3 Å². The molecular formula is C19H13N3O3S. The number of H-pyrrole nitrogens is 1. The first-order valence-electron chi connectivity index (χ1n) is 7.85. The highest BCUT2D eigenvalue weighted by molar-refractivity contribution is 7.17. The van der Waals surface area contributed by atoms with Gasteiger partial charge in [0.2, 0.25) is 0 Å². The molecule has 7 heteroatoms. The van der Waals surface area contributed by atoms with Gasteiger partial charge in [-0.1, -0.05) is 30.3 Å². The number of carbonyl (C=O) groups is 1. The molecule has 0 aliphatic carbocycles. The van der Waals surface area contributed by atoms with E-state index >= 15 is 0 Å². The number of thiophene rings is 1. The van der Waals surface area contributed by atoms with Gasteiger partial charge in [0.25, 0.3) is 5.56 Å². The molecule has 0 unspecified atom stereocenters. The van der Waals surface area contributed by atoms with E-state index in [0.29, 0.717) is 21.6 Å². The van der Waals surface area contributed by atoms with Crippen LogP contribution in [0.5, 0.6) is 0 Å². The fourth-order valence-corrected chi connectivity index (χ4v) is 3.56. The van der Waals surface area contributed by atoms with E-state index in [1.165, 1.54) is 23.7 Å². The number of nitrogens with zero attached hydrogens (tertiary/aromatic N) is 2. The Bertz CT molecular complexity index is 1120. The molecule has 0 saturated heterocycles. The van der Waals surface area contributed by atoms with E-state index in [9.17, 15) is 9.59 Å². The third-order valence-electron chi connectivity index (χ3n) is 3.83. The van der Waals surface area contributed by atoms with Crippen molar-refractivity contribution in [2.24, 2.45) is 0 Å². The van der Waals surface area contributed by atoms with Gasteiger partial charge in [-0.25, -0.2) is 9.78 Å². The molecule has 3 aromatic heterocycles. The van der Waals surface area contributed by atoms with Crippen molar-refractivity contribution in [3.63, 3.8) is 0 Å². The van der Waals surface area contributed by atoms with Gasteiger partial charge in [0, 0.05) is 23.3 Å². The number of ether oxygens (including phenoxy) is 1. The fraction of sp³-hybridized carbons (Fsp3) is 0.0526. The molecule has 0 radical (unpaired) electrons. The standard InChI is InChI=1S/C19H13N3O3S/c23-17-16-14(12-4-2-1-3-5-12)11-26-18(16)22-15(21-17)10-25-19(24)13-6-8-20-9-7-13/h1-9,11H,10H2,(H,21,22,23). The van der Waals surface area contributed by atoms with Crippen molar-refractivity contribution in [2.45, 2.75) is 6.61 Å². The van der Waals surface area contributed by atoms with Gasteiger partial charge in [-0.05, 0) is 17.7 Å². The lowest BCUT2D eigenvalue weighted by Crippen LogP contribution is -2.14. The molecule has 3 heterocycles. The highest BCUT2D eigenvalue weighted by atomic mass is 32.1. The van der Waals surface area contributed by atoms with Crippen molar-refractivity contribution in [3.8, 4) is 11.1 Å². The Morgan fingerprint density at radius 1 is 1.12 bits per heavy atom. The Kier molecular flexibility index (Phi) is 4.28. The van der Waals surface area contributed by atoms with Crippen LogP contribution in [0.15, 0.2) is 65.0 Å². The second-order valence-electron chi connectivity index (χ2n) is 5.52. The van der Waals surface area contributed by atoms with Gasteiger partial charge in [-0.2, -0.15) is 0 Å². The summed E-state index contributed by atoms with van der Waals surface area (Å²) in [5.74, 6) is -0.183. The Hall–Kier alpha value is -3.32. The molecular weight excluding hydrogens is 350 g/mol. The van der Waals surface area contributed by atoms with E-state index in [1.54, 1.807) is 12.1 Å². The molecule has 4 rings (SSSR count). The van der Waals surface area contributed by atoms with E-state index in [1.807, 2.05) is 35.7 Å². The number of carbonyl (C=O) groups excluding carboxylic acids is 1. The first-order chi connectivity index (χ1) is 12.7. The Balaban J connectivity index is 1.61. The predicted molar refractivity (Wildman–Crippen MR) is 99.0 cm³/mol. The highest BCUT2D eigenvalue weighted by Crippen LogP contribution is 2.30. The van der Waals surface area contributed by atoms with Crippen LogP contribution >= 0.6 is 11.3 Å². The number of rotatable bonds is 4. The van der Waals surface area contributed by atoms with Crippen molar-refractivity contribution < 1.29 is 9.53 Å². The van der Waals surface area contributed by atoms with E-state index in [0.717, 1.165) is 11.1 Å². The lowest BCUT2D eigenvalue weighted by Gasteiger charge is -2.05. The number of hydrogen-bond acceptors (Lipinski definition) is 6. The number of pyridine rings is 1. The Morgan fingerprint density at radius 2 is 1.88 bits per heavy atom. The van der Waals surface area contributed by atoms with E-state index in [4.69, 9.17) is 4.74 Å². The van der Waals surface area contributed by atoms with E-state index < -0.39 is 5.97 Å². The van der Waals surface area contributed by atoms with E-state index in [-0.39, 0.29) is 12.2 Å². The molecule has 0 amide bonds. The summed E-state index contributed by atoms with van der Waals surface area (Å²) in [7, 11) is 0. The number of aromatic nitrogens is 3. The van der Waals surface area contributed by atoms with Gasteiger partial charge < -0.3 is 9.72 Å². The quantitative estimate of drug-likeness (QED) is 0.562. The summed E-state index contributed by atoms with van der Waals surface area (Å²) in [5.41, 5.74) is 1.96. The average molecular weight is 363 g/mol. The van der Waals surface area contributed by atoms with Crippen molar-refractivity contribution >= 4 is 27.5 Å². The third kappa shape index (κ3) is 3.12. The largest absolute Gasteiger partial charge is 0.454 e. The van der Waals surface area contributed by atoms with Gasteiger partial charge >= 0.3 is 5.97 Å². The Morgan fingerprint density at radius 3 is 2.65 bits per heavy atom. The van der Waals surface area contributed by atoms with Crippen LogP contribution in [0.4, 0.5) is 0 Å². The lowest BCUT2D eigenvalue weighted by molar-refractivity contribution is 0.0462. The molecule has 0 fully saturated rings. The SMILES string of the molecule is O=C(OCc1nc2scc(-c3ccccc3)c2c(=O)[nH]1)c1ccncc1. The van der Waals surface area contributed by atoms with Gasteiger partial charge in [0.15, 0.2) is 0 Å². The molecule has 6 nitrogen and oxygen atoms in total. The molecule has 128 valence electrons. The first kappa shape index (κ1) is 16.2. The van der Waals surface area contributed by atoms with Crippen molar-refractivity contribution in [1.29, 1.82) is 0 Å². The summed E-state index contributed by atoms with van der Waals surface area (Å²) in [4.78, 5) is 36.1. The molecule has 4 aromatic rings. The number of nitrogens with one attached hydrogen (secondary N) is 1. The molecule has 0 atom stereocenters. The molecule has 0 spiro atoms. The van der Waals surface area contributed by atoms with Crippen LogP contribution in [-0.2, 0) is 11.3 Å². The normalized spacial score (nSPS) is 10.8. The molecule has 0 saturated carbocycles. The molecule has 1 aromatic carbocycles. The van der Waals surface area contributed by atoms with Crippen LogP contribution in [0.25, 0.3) is 21.3 Å². The summed E-state index contributed by atoms with van der Waals surface area (Å²) in [6.07, 6.45) is 3.03. The second-order valence-corrected chi connectivity index (χ2v) is 6.38. The summed E-state index contributed by atoms with van der Waals surface area (Å²) in [5, 5.41) is 2.46. The minimum absolute atomic E-state index is 0.106. The van der Waals surface area contributed by atoms with Gasteiger partial charge in [0.1, 0.15) is 17.3 Å². The predicted octanol–water partition coefficient (Wildman–Crippen LogP) is 3.40. The Labute approximate surface area is 152 Å². The van der Waals surface area contributed by atoms with Crippen LogP contribution < -0.4 is 5.56 Å². The summed E-state index contributed by atoms with van der Waals surface area (Å²) in [6.45, 7) is -0.106. The van der Waals surface area contributed by atoms with Gasteiger partial charge in [-0.3, -0.25) is 9.78 Å². The fourth-order valence-electron chi connectivity index (χ4n) is 2.60. The first-order valence-corrected chi connectivity index (χ1v) is 8.73. The molecule has 26 heavy (non-hydrogen) atoms. The molecule has 0 bridgehead atoms. The smallest absolute Gasteiger partial charge is 0.338 e. The summed E-state index contributed by atoms with van der Waals surface area (Å²) >= 11 is 1.39. The topological polar surface area (TPSA) is 84.9 Å². The van der Waals surface area contributed by atoms with Crippen molar-refractivity contribution in [3.05, 3.63) is 82.0 Å². The monoisotopic (exact) mass is 363 g/mol. The molecule has 1 N–H and O–H groups in total. The maximum atomic E-state index is 12.5. The average Bonchev–Trinajstić information content (AvgIpc) is 3.12. The minimum atomic E-state index is -0.494. The van der Waals surface area contributed by atoms with Crippen LogP contribution in [0, 0.1) is 0 Å². The van der Waals surface area contributed by atoms with Crippen molar-refractivity contribution in [2.75, 3.05) is 0 Å². The summed E-state index contributed by atoms with van der Waals surface area (Å²) < 4.78 is 5.21. The van der Waals surface area contributed by atoms with Crippen LogP contribution in [-0.4, -0.2) is 20.9 Å². The van der Waals surface area contributed by atoms with Crippen LogP contribution in [0.1, 0.15) is 16.2 Å².